The number of hydrogen-bond acceptors (Lipinski definition) is 3. The summed E-state index contributed by atoms with van der Waals surface area (Å²) in [6.07, 6.45) is 0. The van der Waals surface area contributed by atoms with Crippen LogP contribution in [0.1, 0.15) is 15.9 Å². The molecular formula is C11H13NO4. The van der Waals surface area contributed by atoms with Crippen LogP contribution in [-0.2, 0) is 4.79 Å². The first-order valence-electron chi connectivity index (χ1n) is 4.76. The maximum Gasteiger partial charge on any atom is 0.328 e. The van der Waals surface area contributed by atoms with Crippen molar-refractivity contribution in [2.75, 3.05) is 6.61 Å². The van der Waals surface area contributed by atoms with Gasteiger partial charge in [-0.25, -0.2) is 4.79 Å². The van der Waals surface area contributed by atoms with Crippen LogP contribution in [-0.4, -0.2) is 34.7 Å². The van der Waals surface area contributed by atoms with Gasteiger partial charge >= 0.3 is 5.97 Å². The van der Waals surface area contributed by atoms with Crippen LogP contribution in [0, 0.1) is 6.92 Å². The summed E-state index contributed by atoms with van der Waals surface area (Å²) in [4.78, 5) is 22.1. The van der Waals surface area contributed by atoms with Crippen molar-refractivity contribution in [3.05, 3.63) is 35.4 Å². The third-order valence-electron chi connectivity index (χ3n) is 2.10. The standard InChI is InChI=1S/C11H13NO4/c1-7-2-4-8(5-3-7)10(14)12-9(6-13)11(15)16/h2-5,9,13H,6H2,1H3,(H,12,14)(H,15,16)/t9-/m1/s1. The van der Waals surface area contributed by atoms with E-state index in [0.29, 0.717) is 5.56 Å². The zero-order valence-electron chi connectivity index (χ0n) is 8.80. The fourth-order valence-electron chi connectivity index (χ4n) is 1.13. The van der Waals surface area contributed by atoms with Crippen LogP contribution in [0.5, 0.6) is 0 Å². The van der Waals surface area contributed by atoms with Gasteiger partial charge in [0.05, 0.1) is 6.61 Å². The molecule has 0 radical (unpaired) electrons. The highest BCUT2D eigenvalue weighted by Crippen LogP contribution is 2.03. The van der Waals surface area contributed by atoms with E-state index in [9.17, 15) is 9.59 Å². The summed E-state index contributed by atoms with van der Waals surface area (Å²) in [6, 6.07) is 5.43. The highest BCUT2D eigenvalue weighted by Gasteiger charge is 2.19. The summed E-state index contributed by atoms with van der Waals surface area (Å²) in [5.41, 5.74) is 1.37. The molecule has 0 aliphatic heterocycles. The Bertz CT molecular complexity index is 385. The molecule has 16 heavy (non-hydrogen) atoms. The van der Waals surface area contributed by atoms with Crippen molar-refractivity contribution >= 4 is 11.9 Å². The summed E-state index contributed by atoms with van der Waals surface area (Å²) in [5.74, 6) is -1.77. The summed E-state index contributed by atoms with van der Waals surface area (Å²) in [5, 5.41) is 19.6. The molecule has 0 spiro atoms. The van der Waals surface area contributed by atoms with Crippen LogP contribution in [0.15, 0.2) is 24.3 Å². The molecule has 0 aliphatic carbocycles. The highest BCUT2D eigenvalue weighted by atomic mass is 16.4. The Kier molecular flexibility index (Phi) is 4.02. The second kappa shape index (κ2) is 5.27. The largest absolute Gasteiger partial charge is 0.480 e. The Morgan fingerprint density at radius 2 is 1.88 bits per heavy atom. The second-order valence-electron chi connectivity index (χ2n) is 3.41. The molecule has 0 aromatic heterocycles. The Balaban J connectivity index is 2.71. The van der Waals surface area contributed by atoms with Crippen molar-refractivity contribution in [3.8, 4) is 0 Å². The molecule has 5 heteroatoms. The number of aliphatic hydroxyl groups is 1. The first-order chi connectivity index (χ1) is 7.54. The van der Waals surface area contributed by atoms with Gasteiger partial charge in [-0.05, 0) is 19.1 Å². The first kappa shape index (κ1) is 12.2. The van der Waals surface area contributed by atoms with E-state index in [-0.39, 0.29) is 0 Å². The van der Waals surface area contributed by atoms with Crippen LogP contribution in [0.2, 0.25) is 0 Å². The number of rotatable bonds is 4. The molecule has 0 bridgehead atoms. The van der Waals surface area contributed by atoms with E-state index in [4.69, 9.17) is 10.2 Å². The van der Waals surface area contributed by atoms with Crippen LogP contribution in [0.25, 0.3) is 0 Å². The van der Waals surface area contributed by atoms with E-state index >= 15 is 0 Å². The van der Waals surface area contributed by atoms with Crippen molar-refractivity contribution in [1.29, 1.82) is 0 Å². The number of aryl methyl sites for hydroxylation is 1. The number of carbonyl (C=O) groups excluding carboxylic acids is 1. The predicted octanol–water partition coefficient (Wildman–Crippen LogP) is 0.170. The van der Waals surface area contributed by atoms with Crippen LogP contribution in [0.3, 0.4) is 0 Å². The SMILES string of the molecule is Cc1ccc(C(=O)N[C@H](CO)C(=O)O)cc1. The molecule has 0 aliphatic rings. The predicted molar refractivity (Wildman–Crippen MR) is 57.2 cm³/mol. The van der Waals surface area contributed by atoms with Gasteiger partial charge in [0.15, 0.2) is 6.04 Å². The zero-order chi connectivity index (χ0) is 12.1. The molecule has 86 valence electrons. The fraction of sp³-hybridized carbons (Fsp3) is 0.273. The highest BCUT2D eigenvalue weighted by molar-refractivity contribution is 5.96. The molecule has 0 unspecified atom stereocenters. The summed E-state index contributed by atoms with van der Waals surface area (Å²) in [7, 11) is 0. The molecule has 1 atom stereocenters. The van der Waals surface area contributed by atoms with E-state index in [1.165, 1.54) is 0 Å². The monoisotopic (exact) mass is 223 g/mol. The third-order valence-corrected chi connectivity index (χ3v) is 2.10. The molecule has 0 fully saturated rings. The van der Waals surface area contributed by atoms with Gasteiger partial charge in [0, 0.05) is 5.56 Å². The average molecular weight is 223 g/mol. The van der Waals surface area contributed by atoms with E-state index in [1.54, 1.807) is 24.3 Å². The number of carbonyl (C=O) groups is 2. The normalized spacial score (nSPS) is 11.9. The van der Waals surface area contributed by atoms with Gasteiger partial charge in [0.25, 0.3) is 5.91 Å². The van der Waals surface area contributed by atoms with Crippen LogP contribution >= 0.6 is 0 Å². The molecule has 1 amide bonds. The van der Waals surface area contributed by atoms with Gasteiger partial charge in [-0.1, -0.05) is 17.7 Å². The molecule has 3 N–H and O–H groups in total. The Morgan fingerprint density at radius 1 is 1.31 bits per heavy atom. The van der Waals surface area contributed by atoms with Crippen molar-refractivity contribution in [3.63, 3.8) is 0 Å². The van der Waals surface area contributed by atoms with Gasteiger partial charge in [-0.2, -0.15) is 0 Å². The maximum atomic E-state index is 11.5. The number of aliphatic carboxylic acids is 1. The van der Waals surface area contributed by atoms with E-state index < -0.39 is 24.5 Å². The Hall–Kier alpha value is -1.88. The van der Waals surface area contributed by atoms with Crippen LogP contribution < -0.4 is 5.32 Å². The van der Waals surface area contributed by atoms with Crippen molar-refractivity contribution < 1.29 is 19.8 Å². The molecule has 5 nitrogen and oxygen atoms in total. The topological polar surface area (TPSA) is 86.6 Å². The minimum Gasteiger partial charge on any atom is -0.480 e. The molecule has 1 aromatic rings. The van der Waals surface area contributed by atoms with Crippen molar-refractivity contribution in [2.45, 2.75) is 13.0 Å². The molecule has 0 saturated carbocycles. The van der Waals surface area contributed by atoms with Crippen molar-refractivity contribution in [2.24, 2.45) is 0 Å². The molecule has 1 rings (SSSR count). The summed E-state index contributed by atoms with van der Waals surface area (Å²) in [6.45, 7) is 1.25. The van der Waals surface area contributed by atoms with E-state index in [0.717, 1.165) is 5.56 Å². The number of amides is 1. The average Bonchev–Trinajstić information content (AvgIpc) is 2.26. The quantitative estimate of drug-likeness (QED) is 0.679. The van der Waals surface area contributed by atoms with Gasteiger partial charge in [0.2, 0.25) is 0 Å². The van der Waals surface area contributed by atoms with Gasteiger partial charge in [0.1, 0.15) is 0 Å². The van der Waals surface area contributed by atoms with E-state index in [1.807, 2.05) is 6.92 Å². The first-order valence-corrected chi connectivity index (χ1v) is 4.76. The lowest BCUT2D eigenvalue weighted by Crippen LogP contribution is -2.43. The zero-order valence-corrected chi connectivity index (χ0v) is 8.80. The molecule has 0 saturated heterocycles. The number of nitrogens with one attached hydrogen (secondary N) is 1. The Morgan fingerprint density at radius 3 is 2.31 bits per heavy atom. The molecule has 1 aromatic carbocycles. The number of benzene rings is 1. The fourth-order valence-corrected chi connectivity index (χ4v) is 1.13. The third kappa shape index (κ3) is 3.06. The van der Waals surface area contributed by atoms with E-state index in [2.05, 4.69) is 5.32 Å². The second-order valence-corrected chi connectivity index (χ2v) is 3.41. The number of carboxylic acid groups (broad SMARTS) is 1. The van der Waals surface area contributed by atoms with Gasteiger partial charge < -0.3 is 15.5 Å². The lowest BCUT2D eigenvalue weighted by Gasteiger charge is -2.11. The summed E-state index contributed by atoms with van der Waals surface area (Å²) >= 11 is 0. The van der Waals surface area contributed by atoms with Gasteiger partial charge in [-0.3, -0.25) is 4.79 Å². The number of carboxylic acids is 1. The lowest BCUT2D eigenvalue weighted by atomic mass is 10.1. The molecule has 0 heterocycles. The van der Waals surface area contributed by atoms with Gasteiger partial charge in [-0.15, -0.1) is 0 Å². The molecular weight excluding hydrogens is 210 g/mol. The smallest absolute Gasteiger partial charge is 0.328 e. The minimum atomic E-state index is -1.27. The number of aliphatic hydroxyl groups excluding tert-OH is 1. The number of hydrogen-bond donors (Lipinski definition) is 3. The lowest BCUT2D eigenvalue weighted by molar-refractivity contribution is -0.140. The van der Waals surface area contributed by atoms with Crippen LogP contribution in [0.4, 0.5) is 0 Å². The maximum absolute atomic E-state index is 11.5. The summed E-state index contributed by atoms with van der Waals surface area (Å²) < 4.78 is 0. The Labute approximate surface area is 92.7 Å². The minimum absolute atomic E-state index is 0.366. The van der Waals surface area contributed by atoms with Crippen molar-refractivity contribution in [1.82, 2.24) is 5.32 Å².